The molecule has 0 spiro atoms. The molecule has 0 saturated carbocycles. The fourth-order valence-corrected chi connectivity index (χ4v) is 2.79. The maximum atomic E-state index is 12.7. The van der Waals surface area contributed by atoms with Crippen LogP contribution in [0.1, 0.15) is 41.4 Å². The summed E-state index contributed by atoms with van der Waals surface area (Å²) < 4.78 is 1.78. The lowest BCUT2D eigenvalue weighted by atomic mass is 10.0. The number of halogens is 1. The Morgan fingerprint density at radius 3 is 2.56 bits per heavy atom. The van der Waals surface area contributed by atoms with E-state index in [1.165, 1.54) is 0 Å². The first kappa shape index (κ1) is 17.2. The van der Waals surface area contributed by atoms with E-state index in [-0.39, 0.29) is 11.8 Å². The van der Waals surface area contributed by atoms with Crippen LogP contribution >= 0.6 is 11.6 Å². The van der Waals surface area contributed by atoms with Crippen LogP contribution in [0.15, 0.2) is 48.8 Å². The number of amides is 1. The Morgan fingerprint density at radius 2 is 1.92 bits per heavy atom. The fourth-order valence-electron chi connectivity index (χ4n) is 2.66. The zero-order valence-corrected chi connectivity index (χ0v) is 15.1. The molecular formula is C19H19ClN4O. The molecule has 0 aliphatic carbocycles. The van der Waals surface area contributed by atoms with Gasteiger partial charge in [-0.1, -0.05) is 25.4 Å². The highest BCUT2D eigenvalue weighted by Gasteiger charge is 2.21. The summed E-state index contributed by atoms with van der Waals surface area (Å²) in [6.07, 6.45) is 3.26. The molecule has 0 bridgehead atoms. The van der Waals surface area contributed by atoms with Gasteiger partial charge in [-0.3, -0.25) is 4.79 Å². The second kappa shape index (κ2) is 7.07. The van der Waals surface area contributed by atoms with E-state index in [2.05, 4.69) is 15.4 Å². The maximum Gasteiger partial charge on any atom is 0.260 e. The standard InChI is InChI=1S/C19H19ClN4O/c1-12(2)18-16(19(25)23-17-10-13(3)8-9-21-17)11-22-24(18)15-6-4-14(20)5-7-15/h4-12H,1-3H3,(H,21,23,25). The second-order valence-corrected chi connectivity index (χ2v) is 6.60. The molecule has 0 unspecified atom stereocenters. The SMILES string of the molecule is Cc1ccnc(NC(=O)c2cnn(-c3ccc(Cl)cc3)c2C(C)C)c1. The number of rotatable bonds is 4. The number of aromatic nitrogens is 3. The number of pyridine rings is 1. The lowest BCUT2D eigenvalue weighted by Crippen LogP contribution is -2.16. The Morgan fingerprint density at radius 1 is 1.20 bits per heavy atom. The maximum absolute atomic E-state index is 12.7. The number of hydrogen-bond acceptors (Lipinski definition) is 3. The van der Waals surface area contributed by atoms with E-state index in [0.717, 1.165) is 16.9 Å². The van der Waals surface area contributed by atoms with Gasteiger partial charge in [-0.05, 0) is 54.8 Å². The minimum Gasteiger partial charge on any atom is -0.306 e. The molecule has 3 rings (SSSR count). The third-order valence-electron chi connectivity index (χ3n) is 3.83. The third-order valence-corrected chi connectivity index (χ3v) is 4.08. The van der Waals surface area contributed by atoms with Crippen LogP contribution in [0.25, 0.3) is 5.69 Å². The van der Waals surface area contributed by atoms with Crippen molar-refractivity contribution in [2.24, 2.45) is 0 Å². The summed E-state index contributed by atoms with van der Waals surface area (Å²) in [6.45, 7) is 6.02. The molecule has 0 atom stereocenters. The number of carbonyl (C=O) groups is 1. The number of nitrogens with zero attached hydrogens (tertiary/aromatic N) is 3. The number of nitrogens with one attached hydrogen (secondary N) is 1. The molecule has 3 aromatic rings. The van der Waals surface area contributed by atoms with Crippen molar-refractivity contribution in [3.8, 4) is 5.69 Å². The highest BCUT2D eigenvalue weighted by molar-refractivity contribution is 6.30. The first-order valence-electron chi connectivity index (χ1n) is 8.03. The van der Waals surface area contributed by atoms with Gasteiger partial charge >= 0.3 is 0 Å². The van der Waals surface area contributed by atoms with Crippen LogP contribution in [0.3, 0.4) is 0 Å². The molecule has 2 heterocycles. The number of anilines is 1. The van der Waals surface area contributed by atoms with Crippen LogP contribution in [0, 0.1) is 6.92 Å². The zero-order chi connectivity index (χ0) is 18.0. The molecule has 0 fully saturated rings. The van der Waals surface area contributed by atoms with Crippen molar-refractivity contribution in [3.63, 3.8) is 0 Å². The molecule has 6 heteroatoms. The molecule has 0 radical (unpaired) electrons. The smallest absolute Gasteiger partial charge is 0.260 e. The van der Waals surface area contributed by atoms with Gasteiger partial charge in [0, 0.05) is 11.2 Å². The van der Waals surface area contributed by atoms with Crippen LogP contribution in [0.4, 0.5) is 5.82 Å². The topological polar surface area (TPSA) is 59.8 Å². The van der Waals surface area contributed by atoms with E-state index in [4.69, 9.17) is 11.6 Å². The van der Waals surface area contributed by atoms with E-state index < -0.39 is 0 Å². The van der Waals surface area contributed by atoms with Crippen molar-refractivity contribution < 1.29 is 4.79 Å². The van der Waals surface area contributed by atoms with Crippen molar-refractivity contribution in [1.29, 1.82) is 0 Å². The molecule has 0 aliphatic rings. The Labute approximate surface area is 151 Å². The number of benzene rings is 1. The van der Waals surface area contributed by atoms with Gasteiger partial charge in [0.2, 0.25) is 0 Å². The van der Waals surface area contributed by atoms with Crippen LogP contribution in [0.5, 0.6) is 0 Å². The van der Waals surface area contributed by atoms with Crippen molar-refractivity contribution in [2.75, 3.05) is 5.32 Å². The van der Waals surface area contributed by atoms with Crippen molar-refractivity contribution in [1.82, 2.24) is 14.8 Å². The summed E-state index contributed by atoms with van der Waals surface area (Å²) in [5, 5.41) is 7.91. The predicted molar refractivity (Wildman–Crippen MR) is 99.6 cm³/mol. The first-order valence-corrected chi connectivity index (χ1v) is 8.41. The van der Waals surface area contributed by atoms with Crippen LogP contribution in [-0.4, -0.2) is 20.7 Å². The van der Waals surface area contributed by atoms with E-state index in [1.54, 1.807) is 29.2 Å². The third kappa shape index (κ3) is 3.72. The van der Waals surface area contributed by atoms with Crippen LogP contribution in [-0.2, 0) is 0 Å². The average molecular weight is 355 g/mol. The van der Waals surface area contributed by atoms with Gasteiger partial charge in [0.05, 0.1) is 23.1 Å². The quantitative estimate of drug-likeness (QED) is 0.744. The number of carbonyl (C=O) groups excluding carboxylic acids is 1. The zero-order valence-electron chi connectivity index (χ0n) is 14.3. The molecule has 25 heavy (non-hydrogen) atoms. The second-order valence-electron chi connectivity index (χ2n) is 6.16. The summed E-state index contributed by atoms with van der Waals surface area (Å²) in [5.41, 5.74) is 3.27. The highest BCUT2D eigenvalue weighted by Crippen LogP contribution is 2.24. The van der Waals surface area contributed by atoms with Crippen LogP contribution in [0.2, 0.25) is 5.02 Å². The largest absolute Gasteiger partial charge is 0.306 e. The molecule has 128 valence electrons. The highest BCUT2D eigenvalue weighted by atomic mass is 35.5. The first-order chi connectivity index (χ1) is 12.0. The van der Waals surface area contributed by atoms with E-state index in [9.17, 15) is 4.79 Å². The molecular weight excluding hydrogens is 336 g/mol. The van der Waals surface area contributed by atoms with Crippen molar-refractivity contribution in [2.45, 2.75) is 26.7 Å². The average Bonchev–Trinajstić information content (AvgIpc) is 3.01. The Balaban J connectivity index is 1.96. The predicted octanol–water partition coefficient (Wildman–Crippen LogP) is 4.60. The van der Waals surface area contributed by atoms with E-state index in [1.807, 2.05) is 45.0 Å². The van der Waals surface area contributed by atoms with Gasteiger partial charge in [0.1, 0.15) is 5.82 Å². The molecule has 5 nitrogen and oxygen atoms in total. The summed E-state index contributed by atoms with van der Waals surface area (Å²) >= 11 is 5.96. The molecule has 1 N–H and O–H groups in total. The summed E-state index contributed by atoms with van der Waals surface area (Å²) in [7, 11) is 0. The summed E-state index contributed by atoms with van der Waals surface area (Å²) in [5.74, 6) is 0.422. The number of aryl methyl sites for hydroxylation is 1. The van der Waals surface area contributed by atoms with Gasteiger partial charge in [0.25, 0.3) is 5.91 Å². The van der Waals surface area contributed by atoms with Gasteiger partial charge < -0.3 is 5.32 Å². The van der Waals surface area contributed by atoms with Gasteiger partial charge in [-0.25, -0.2) is 9.67 Å². The minimum absolute atomic E-state index is 0.115. The van der Waals surface area contributed by atoms with E-state index in [0.29, 0.717) is 16.4 Å². The number of hydrogen-bond donors (Lipinski definition) is 1. The monoisotopic (exact) mass is 354 g/mol. The van der Waals surface area contributed by atoms with Gasteiger partial charge in [0.15, 0.2) is 0 Å². The Hall–Kier alpha value is -2.66. The normalized spacial score (nSPS) is 10.9. The van der Waals surface area contributed by atoms with Crippen molar-refractivity contribution >= 4 is 23.3 Å². The molecule has 0 aliphatic heterocycles. The van der Waals surface area contributed by atoms with Gasteiger partial charge in [-0.15, -0.1) is 0 Å². The molecule has 2 aromatic heterocycles. The summed E-state index contributed by atoms with van der Waals surface area (Å²) in [4.78, 5) is 16.9. The van der Waals surface area contributed by atoms with Crippen molar-refractivity contribution in [3.05, 3.63) is 70.6 Å². The lowest BCUT2D eigenvalue weighted by Gasteiger charge is -2.13. The Bertz CT molecular complexity index is 900. The van der Waals surface area contributed by atoms with Crippen LogP contribution < -0.4 is 5.32 Å². The lowest BCUT2D eigenvalue weighted by molar-refractivity contribution is 0.102. The molecule has 0 saturated heterocycles. The summed E-state index contributed by atoms with van der Waals surface area (Å²) in [6, 6.07) is 11.1. The van der Waals surface area contributed by atoms with E-state index >= 15 is 0 Å². The van der Waals surface area contributed by atoms with Gasteiger partial charge in [-0.2, -0.15) is 5.10 Å². The molecule has 1 amide bonds. The molecule has 1 aromatic carbocycles. The minimum atomic E-state index is -0.220. The Kier molecular flexibility index (Phi) is 4.86. The fraction of sp³-hybridized carbons (Fsp3) is 0.211.